The van der Waals surface area contributed by atoms with E-state index in [9.17, 15) is 5.11 Å². The minimum atomic E-state index is -0.188. The van der Waals surface area contributed by atoms with Gasteiger partial charge in [-0.2, -0.15) is 0 Å². The highest BCUT2D eigenvalue weighted by Gasteiger charge is 2.26. The van der Waals surface area contributed by atoms with Crippen molar-refractivity contribution in [3.8, 4) is 0 Å². The maximum atomic E-state index is 10.9. The van der Waals surface area contributed by atoms with E-state index in [1.807, 2.05) is 18.2 Å². The Hall–Kier alpha value is -1.35. The Bertz CT molecular complexity index is 471. The molecule has 0 bridgehead atoms. The van der Waals surface area contributed by atoms with Crippen molar-refractivity contribution in [2.75, 3.05) is 0 Å². The maximum Gasteiger partial charge on any atom is 0.110 e. The molecule has 0 unspecified atom stereocenters. The predicted octanol–water partition coefficient (Wildman–Crippen LogP) is 2.37. The minimum Gasteiger partial charge on any atom is -0.342 e. The van der Waals surface area contributed by atoms with E-state index in [1.54, 1.807) is 0 Å². The van der Waals surface area contributed by atoms with Crippen LogP contribution in [-0.4, -0.2) is 9.97 Å². The van der Waals surface area contributed by atoms with Crippen LogP contribution in [0.5, 0.6) is 0 Å². The van der Waals surface area contributed by atoms with Crippen LogP contribution in [0.4, 0.5) is 0 Å². The Kier molecular flexibility index (Phi) is 1.61. The zero-order chi connectivity index (χ0) is 9.54. The van der Waals surface area contributed by atoms with Crippen LogP contribution in [0.15, 0.2) is 18.2 Å². The van der Waals surface area contributed by atoms with Crippen LogP contribution in [0.25, 0.3) is 11.0 Å². The van der Waals surface area contributed by atoms with Crippen LogP contribution < -0.4 is 0 Å². The number of fused-ring (bicyclic) bond motifs is 1. The van der Waals surface area contributed by atoms with Crippen LogP contribution in [0.3, 0.4) is 0 Å². The van der Waals surface area contributed by atoms with Gasteiger partial charge in [-0.05, 0) is 18.9 Å². The molecule has 0 saturated heterocycles. The maximum absolute atomic E-state index is 10.9. The highest BCUT2D eigenvalue weighted by molar-refractivity contribution is 5.78. The number of aromatic nitrogens is 2. The Morgan fingerprint density at radius 2 is 2.29 bits per heavy atom. The highest BCUT2D eigenvalue weighted by atomic mass is 16.3. The largest absolute Gasteiger partial charge is 0.342 e. The zero-order valence-electron chi connectivity index (χ0n) is 7.79. The summed E-state index contributed by atoms with van der Waals surface area (Å²) in [5, 5.41) is 10.9. The van der Waals surface area contributed by atoms with E-state index in [0.29, 0.717) is 5.92 Å². The summed E-state index contributed by atoms with van der Waals surface area (Å²) in [7, 11) is 0. The van der Waals surface area contributed by atoms with Gasteiger partial charge >= 0.3 is 0 Å². The van der Waals surface area contributed by atoms with Crippen molar-refractivity contribution in [2.24, 2.45) is 0 Å². The zero-order valence-corrected chi connectivity index (χ0v) is 7.79. The van der Waals surface area contributed by atoms with E-state index in [4.69, 9.17) is 0 Å². The van der Waals surface area contributed by atoms with E-state index in [-0.39, 0.29) is 6.61 Å². The summed E-state index contributed by atoms with van der Waals surface area (Å²) in [4.78, 5) is 7.77. The molecule has 1 N–H and O–H groups in total. The fourth-order valence-corrected chi connectivity index (χ4v) is 1.78. The number of hydrogen-bond acceptors (Lipinski definition) is 1. The van der Waals surface area contributed by atoms with Gasteiger partial charge in [0.1, 0.15) is 12.4 Å². The van der Waals surface area contributed by atoms with Crippen LogP contribution in [0.1, 0.15) is 30.1 Å². The second-order valence-electron chi connectivity index (χ2n) is 3.85. The molecule has 2 aromatic rings. The van der Waals surface area contributed by atoms with Gasteiger partial charge in [0.05, 0.1) is 11.0 Å². The summed E-state index contributed by atoms with van der Waals surface area (Å²) >= 11 is 0. The second kappa shape index (κ2) is 2.82. The number of rotatable bonds is 2. The molecule has 1 heterocycles. The molecule has 0 aliphatic heterocycles. The van der Waals surface area contributed by atoms with Gasteiger partial charge in [-0.3, -0.25) is 0 Å². The Balaban J connectivity index is 2.20. The SMILES string of the molecule is [O]Cc1cccc2[nH]c(C3CC3)nc12. The van der Waals surface area contributed by atoms with Gasteiger partial charge in [0, 0.05) is 11.5 Å². The van der Waals surface area contributed by atoms with Crippen LogP contribution in [0, 0.1) is 0 Å². The number of nitrogens with zero attached hydrogens (tertiary/aromatic N) is 1. The molecule has 14 heavy (non-hydrogen) atoms. The first-order valence-electron chi connectivity index (χ1n) is 4.94. The summed E-state index contributed by atoms with van der Waals surface area (Å²) < 4.78 is 0. The monoisotopic (exact) mass is 187 g/mol. The Labute approximate surface area is 81.8 Å². The Morgan fingerprint density at radius 1 is 1.43 bits per heavy atom. The van der Waals surface area contributed by atoms with Crippen molar-refractivity contribution in [1.29, 1.82) is 0 Å². The molecule has 1 aliphatic rings. The quantitative estimate of drug-likeness (QED) is 0.770. The topological polar surface area (TPSA) is 48.6 Å². The van der Waals surface area contributed by atoms with Crippen molar-refractivity contribution >= 4 is 11.0 Å². The average Bonchev–Trinajstić information content (AvgIpc) is 2.97. The molecular formula is C11H11N2O. The first-order valence-corrected chi connectivity index (χ1v) is 4.94. The summed E-state index contributed by atoms with van der Waals surface area (Å²) in [6.07, 6.45) is 2.46. The molecule has 3 nitrogen and oxygen atoms in total. The summed E-state index contributed by atoms with van der Waals surface area (Å²) in [5.74, 6) is 1.67. The third-order valence-electron chi connectivity index (χ3n) is 2.73. The van der Waals surface area contributed by atoms with Gasteiger partial charge in [-0.1, -0.05) is 12.1 Å². The fourth-order valence-electron chi connectivity index (χ4n) is 1.78. The third kappa shape index (κ3) is 1.13. The van der Waals surface area contributed by atoms with Gasteiger partial charge in [-0.15, -0.1) is 0 Å². The van der Waals surface area contributed by atoms with Crippen molar-refractivity contribution in [1.82, 2.24) is 9.97 Å². The number of nitrogens with one attached hydrogen (secondary N) is 1. The Morgan fingerprint density at radius 3 is 3.00 bits per heavy atom. The van der Waals surface area contributed by atoms with Gasteiger partial charge in [-0.25, -0.2) is 10.1 Å². The molecule has 3 rings (SSSR count). The van der Waals surface area contributed by atoms with Gasteiger partial charge in [0.25, 0.3) is 0 Å². The van der Waals surface area contributed by atoms with E-state index >= 15 is 0 Å². The standard InChI is InChI=1S/C11H11N2O/c14-6-8-2-1-3-9-10(8)13-11(12-9)7-4-5-7/h1-3,7H,4-6H2,(H,12,13). The first-order chi connectivity index (χ1) is 6.88. The number of H-pyrrole nitrogens is 1. The number of imidazole rings is 1. The molecule has 0 amide bonds. The van der Waals surface area contributed by atoms with E-state index in [1.165, 1.54) is 12.8 Å². The molecule has 0 spiro atoms. The first kappa shape index (κ1) is 8.00. The van der Waals surface area contributed by atoms with E-state index < -0.39 is 0 Å². The van der Waals surface area contributed by atoms with Gasteiger partial charge < -0.3 is 4.98 Å². The molecule has 1 aromatic heterocycles. The molecule has 3 heteroatoms. The lowest BCUT2D eigenvalue weighted by atomic mass is 10.2. The third-order valence-corrected chi connectivity index (χ3v) is 2.73. The summed E-state index contributed by atoms with van der Waals surface area (Å²) in [6, 6.07) is 5.74. The van der Waals surface area contributed by atoms with Crippen molar-refractivity contribution < 1.29 is 5.11 Å². The number of para-hydroxylation sites is 1. The van der Waals surface area contributed by atoms with Crippen molar-refractivity contribution in [3.05, 3.63) is 29.6 Å². The van der Waals surface area contributed by atoms with Crippen LogP contribution >= 0.6 is 0 Å². The normalized spacial score (nSPS) is 16.4. The van der Waals surface area contributed by atoms with Crippen LogP contribution in [0.2, 0.25) is 0 Å². The van der Waals surface area contributed by atoms with Gasteiger partial charge in [0.15, 0.2) is 0 Å². The van der Waals surface area contributed by atoms with Crippen molar-refractivity contribution in [3.63, 3.8) is 0 Å². The van der Waals surface area contributed by atoms with Crippen molar-refractivity contribution in [2.45, 2.75) is 25.4 Å². The molecular weight excluding hydrogens is 176 g/mol. The molecule has 71 valence electrons. The minimum absolute atomic E-state index is 0.188. The van der Waals surface area contributed by atoms with E-state index in [0.717, 1.165) is 22.4 Å². The predicted molar refractivity (Wildman–Crippen MR) is 52.5 cm³/mol. The summed E-state index contributed by atoms with van der Waals surface area (Å²) in [5.41, 5.74) is 2.66. The molecule has 1 fully saturated rings. The van der Waals surface area contributed by atoms with Crippen LogP contribution in [-0.2, 0) is 11.7 Å². The molecule has 1 aliphatic carbocycles. The molecule has 0 atom stereocenters. The lowest BCUT2D eigenvalue weighted by Gasteiger charge is -1.93. The lowest BCUT2D eigenvalue weighted by molar-refractivity contribution is 0.178. The average molecular weight is 187 g/mol. The van der Waals surface area contributed by atoms with Gasteiger partial charge in [0.2, 0.25) is 0 Å². The highest BCUT2D eigenvalue weighted by Crippen LogP contribution is 2.39. The lowest BCUT2D eigenvalue weighted by Crippen LogP contribution is -1.83. The second-order valence-corrected chi connectivity index (χ2v) is 3.85. The molecule has 1 saturated carbocycles. The number of hydrogen-bond donors (Lipinski definition) is 1. The number of aromatic amines is 1. The van der Waals surface area contributed by atoms with E-state index in [2.05, 4.69) is 9.97 Å². The molecule has 1 aromatic carbocycles. The summed E-state index contributed by atoms with van der Waals surface area (Å²) in [6.45, 7) is -0.188. The molecule has 1 radical (unpaired) electrons. The number of benzene rings is 1. The smallest absolute Gasteiger partial charge is 0.110 e. The fraction of sp³-hybridized carbons (Fsp3) is 0.364.